The van der Waals surface area contributed by atoms with E-state index in [0.717, 1.165) is 12.8 Å². The lowest BCUT2D eigenvalue weighted by Crippen LogP contribution is -2.19. The molecule has 2 atom stereocenters. The van der Waals surface area contributed by atoms with Crippen LogP contribution in [0.4, 0.5) is 0 Å². The van der Waals surface area contributed by atoms with Crippen LogP contribution < -0.4 is 0 Å². The van der Waals surface area contributed by atoms with Crippen LogP contribution >= 0.6 is 0 Å². The van der Waals surface area contributed by atoms with E-state index >= 15 is 0 Å². The van der Waals surface area contributed by atoms with Gasteiger partial charge in [-0.1, -0.05) is 27.2 Å². The molecule has 0 spiro atoms. The fourth-order valence-electron chi connectivity index (χ4n) is 1.10. The summed E-state index contributed by atoms with van der Waals surface area (Å²) < 4.78 is 0. The Morgan fingerprint density at radius 2 is 1.90 bits per heavy atom. The van der Waals surface area contributed by atoms with Crippen molar-refractivity contribution in [1.82, 2.24) is 0 Å². The molecular formula is C8H16O2. The van der Waals surface area contributed by atoms with Crippen molar-refractivity contribution in [3.05, 3.63) is 0 Å². The number of rotatable bonds is 4. The molecule has 60 valence electrons. The Labute approximate surface area is 62.2 Å². The topological polar surface area (TPSA) is 37.3 Å². The Bertz CT molecular complexity index is 110. The molecule has 0 fully saturated rings. The minimum atomic E-state index is -0.656. The number of carboxylic acids is 1. The maximum atomic E-state index is 10.5. The first-order valence-corrected chi connectivity index (χ1v) is 3.86. The molecule has 2 heteroatoms. The van der Waals surface area contributed by atoms with Gasteiger partial charge in [-0.15, -0.1) is 0 Å². The summed E-state index contributed by atoms with van der Waals surface area (Å²) in [5.74, 6) is -0.496. The van der Waals surface area contributed by atoms with E-state index < -0.39 is 5.97 Å². The van der Waals surface area contributed by atoms with Crippen LogP contribution in [0.25, 0.3) is 0 Å². The van der Waals surface area contributed by atoms with Crippen molar-refractivity contribution in [3.8, 4) is 0 Å². The van der Waals surface area contributed by atoms with Crippen molar-refractivity contribution in [2.45, 2.75) is 33.6 Å². The van der Waals surface area contributed by atoms with Crippen LogP contribution in [0.3, 0.4) is 0 Å². The highest BCUT2D eigenvalue weighted by molar-refractivity contribution is 5.70. The predicted octanol–water partition coefficient (Wildman–Crippen LogP) is 2.14. The van der Waals surface area contributed by atoms with Gasteiger partial charge in [0.1, 0.15) is 0 Å². The monoisotopic (exact) mass is 144 g/mol. The number of hydrogen-bond acceptors (Lipinski definition) is 1. The van der Waals surface area contributed by atoms with Gasteiger partial charge in [-0.2, -0.15) is 0 Å². The molecule has 0 aromatic rings. The van der Waals surface area contributed by atoms with E-state index in [0.29, 0.717) is 5.92 Å². The molecule has 0 amide bonds. The van der Waals surface area contributed by atoms with Crippen molar-refractivity contribution in [2.24, 2.45) is 11.8 Å². The Hall–Kier alpha value is -0.530. The standard InChI is InChI=1S/C8H16O2/c1-4-6(3)7(5-2)8(9)10/h6-7H,4-5H2,1-3H3,(H,9,10). The molecule has 0 rings (SSSR count). The minimum Gasteiger partial charge on any atom is -0.481 e. The van der Waals surface area contributed by atoms with Gasteiger partial charge in [-0.05, 0) is 12.3 Å². The summed E-state index contributed by atoms with van der Waals surface area (Å²) in [7, 11) is 0. The summed E-state index contributed by atoms with van der Waals surface area (Å²) in [5.41, 5.74) is 0. The largest absolute Gasteiger partial charge is 0.481 e. The van der Waals surface area contributed by atoms with Gasteiger partial charge < -0.3 is 5.11 Å². The van der Waals surface area contributed by atoms with E-state index in [4.69, 9.17) is 5.11 Å². The molecule has 0 aromatic carbocycles. The number of hydrogen-bond donors (Lipinski definition) is 1. The van der Waals surface area contributed by atoms with Crippen LogP contribution in [0, 0.1) is 11.8 Å². The quantitative estimate of drug-likeness (QED) is 0.656. The summed E-state index contributed by atoms with van der Waals surface area (Å²) in [6.45, 7) is 5.93. The Kier molecular flexibility index (Phi) is 4.08. The van der Waals surface area contributed by atoms with Gasteiger partial charge in [-0.3, -0.25) is 4.79 Å². The molecule has 0 radical (unpaired) electrons. The van der Waals surface area contributed by atoms with Crippen molar-refractivity contribution < 1.29 is 9.90 Å². The Morgan fingerprint density at radius 1 is 1.40 bits per heavy atom. The van der Waals surface area contributed by atoms with Crippen molar-refractivity contribution in [2.75, 3.05) is 0 Å². The molecule has 2 nitrogen and oxygen atoms in total. The van der Waals surface area contributed by atoms with Crippen molar-refractivity contribution in [3.63, 3.8) is 0 Å². The number of carboxylic acid groups (broad SMARTS) is 1. The molecule has 0 heterocycles. The third-order valence-corrected chi connectivity index (χ3v) is 2.09. The molecule has 2 unspecified atom stereocenters. The highest BCUT2D eigenvalue weighted by Gasteiger charge is 2.20. The van der Waals surface area contributed by atoms with E-state index in [1.807, 2.05) is 20.8 Å². The van der Waals surface area contributed by atoms with Gasteiger partial charge in [0.2, 0.25) is 0 Å². The average Bonchev–Trinajstić information content (AvgIpc) is 1.88. The zero-order valence-corrected chi connectivity index (χ0v) is 6.92. The van der Waals surface area contributed by atoms with E-state index in [1.165, 1.54) is 0 Å². The van der Waals surface area contributed by atoms with Gasteiger partial charge in [0.05, 0.1) is 5.92 Å². The molecule has 0 aliphatic carbocycles. The molecule has 0 bridgehead atoms. The Morgan fingerprint density at radius 3 is 2.00 bits per heavy atom. The highest BCUT2D eigenvalue weighted by Crippen LogP contribution is 2.18. The molecule has 0 aromatic heterocycles. The van der Waals surface area contributed by atoms with Crippen LogP contribution in [-0.2, 0) is 4.79 Å². The van der Waals surface area contributed by atoms with Gasteiger partial charge in [0, 0.05) is 0 Å². The van der Waals surface area contributed by atoms with E-state index in [2.05, 4.69) is 0 Å². The molecule has 1 N–H and O–H groups in total. The van der Waals surface area contributed by atoms with Crippen LogP contribution in [0.5, 0.6) is 0 Å². The first-order valence-electron chi connectivity index (χ1n) is 3.86. The fraction of sp³-hybridized carbons (Fsp3) is 0.875. The van der Waals surface area contributed by atoms with Gasteiger partial charge in [-0.25, -0.2) is 0 Å². The maximum absolute atomic E-state index is 10.5. The molecule has 0 saturated heterocycles. The van der Waals surface area contributed by atoms with Crippen LogP contribution in [0.2, 0.25) is 0 Å². The average molecular weight is 144 g/mol. The van der Waals surface area contributed by atoms with Gasteiger partial charge in [0.15, 0.2) is 0 Å². The van der Waals surface area contributed by atoms with Crippen LogP contribution in [0.1, 0.15) is 33.6 Å². The molecule has 10 heavy (non-hydrogen) atoms. The number of aliphatic carboxylic acids is 1. The van der Waals surface area contributed by atoms with E-state index in [-0.39, 0.29) is 5.92 Å². The first-order chi connectivity index (χ1) is 4.63. The second-order valence-electron chi connectivity index (χ2n) is 2.74. The zero-order valence-electron chi connectivity index (χ0n) is 6.92. The SMILES string of the molecule is CCC(C)C(CC)C(=O)O. The predicted molar refractivity (Wildman–Crippen MR) is 40.9 cm³/mol. The van der Waals surface area contributed by atoms with Crippen LogP contribution in [-0.4, -0.2) is 11.1 Å². The third kappa shape index (κ3) is 2.38. The lowest BCUT2D eigenvalue weighted by Gasteiger charge is -2.15. The summed E-state index contributed by atoms with van der Waals surface area (Å²) in [4.78, 5) is 10.5. The summed E-state index contributed by atoms with van der Waals surface area (Å²) in [6.07, 6.45) is 1.69. The molecule has 0 aliphatic rings. The lowest BCUT2D eigenvalue weighted by molar-refractivity contribution is -0.143. The van der Waals surface area contributed by atoms with Crippen molar-refractivity contribution >= 4 is 5.97 Å². The third-order valence-electron chi connectivity index (χ3n) is 2.09. The normalized spacial score (nSPS) is 16.3. The van der Waals surface area contributed by atoms with Gasteiger partial charge >= 0.3 is 5.97 Å². The molecular weight excluding hydrogens is 128 g/mol. The van der Waals surface area contributed by atoms with Crippen LogP contribution in [0.15, 0.2) is 0 Å². The fourth-order valence-corrected chi connectivity index (χ4v) is 1.10. The summed E-state index contributed by atoms with van der Waals surface area (Å²) in [6, 6.07) is 0. The minimum absolute atomic E-state index is 0.148. The summed E-state index contributed by atoms with van der Waals surface area (Å²) in [5, 5.41) is 8.67. The maximum Gasteiger partial charge on any atom is 0.306 e. The summed E-state index contributed by atoms with van der Waals surface area (Å²) >= 11 is 0. The lowest BCUT2D eigenvalue weighted by atomic mass is 9.90. The van der Waals surface area contributed by atoms with Gasteiger partial charge in [0.25, 0.3) is 0 Å². The van der Waals surface area contributed by atoms with E-state index in [1.54, 1.807) is 0 Å². The first kappa shape index (κ1) is 9.47. The molecule has 0 saturated carbocycles. The second kappa shape index (κ2) is 4.31. The van der Waals surface area contributed by atoms with E-state index in [9.17, 15) is 4.79 Å². The Balaban J connectivity index is 3.92. The number of carbonyl (C=O) groups is 1. The smallest absolute Gasteiger partial charge is 0.306 e. The zero-order chi connectivity index (χ0) is 8.15. The highest BCUT2D eigenvalue weighted by atomic mass is 16.4. The second-order valence-corrected chi connectivity index (χ2v) is 2.74. The molecule has 0 aliphatic heterocycles. The van der Waals surface area contributed by atoms with Crippen molar-refractivity contribution in [1.29, 1.82) is 0 Å².